The zero-order valence-electron chi connectivity index (χ0n) is 6.62. The van der Waals surface area contributed by atoms with Crippen LogP contribution >= 0.6 is 0 Å². The molecule has 0 aromatic heterocycles. The summed E-state index contributed by atoms with van der Waals surface area (Å²) in [5.41, 5.74) is -0.380. The van der Waals surface area contributed by atoms with Crippen molar-refractivity contribution in [2.24, 2.45) is 0 Å². The average molecular weight is 382 g/mol. The van der Waals surface area contributed by atoms with E-state index in [9.17, 15) is 9.59 Å². The Balaban J connectivity index is 0. The standard InChI is InChI=1S/C8H6O4.2Ag/c9-7(10)5-3-1-2-4-6(5)8(11)12;;/h1-4H,(H,9,10)(H,11,12);;. The summed E-state index contributed by atoms with van der Waals surface area (Å²) in [5, 5.41) is 17.1. The first-order valence-corrected chi connectivity index (χ1v) is 3.18. The third kappa shape index (κ3) is 3.79. The molecule has 14 heavy (non-hydrogen) atoms. The van der Waals surface area contributed by atoms with Gasteiger partial charge in [-0.3, -0.25) is 0 Å². The molecule has 0 fully saturated rings. The Morgan fingerprint density at radius 3 is 1.36 bits per heavy atom. The van der Waals surface area contributed by atoms with Crippen LogP contribution in [0.15, 0.2) is 24.3 Å². The first-order chi connectivity index (χ1) is 5.63. The molecule has 84 valence electrons. The van der Waals surface area contributed by atoms with Gasteiger partial charge in [0.25, 0.3) is 0 Å². The molecule has 0 heterocycles. The molecule has 0 spiro atoms. The fourth-order valence-electron chi connectivity index (χ4n) is 0.856. The van der Waals surface area contributed by atoms with Gasteiger partial charge in [0.15, 0.2) is 0 Å². The Bertz CT molecular complexity index is 305. The molecule has 1 aromatic carbocycles. The van der Waals surface area contributed by atoms with Gasteiger partial charge in [0, 0.05) is 44.8 Å². The quantitative estimate of drug-likeness (QED) is 0.752. The maximum atomic E-state index is 10.5. The third-order valence-corrected chi connectivity index (χ3v) is 1.39. The van der Waals surface area contributed by atoms with E-state index in [4.69, 9.17) is 10.2 Å². The van der Waals surface area contributed by atoms with Gasteiger partial charge >= 0.3 is 11.9 Å². The minimum Gasteiger partial charge on any atom is -0.478 e. The zero-order valence-corrected chi connectivity index (χ0v) is 9.59. The number of hydrogen-bond acceptors (Lipinski definition) is 2. The predicted octanol–water partition coefficient (Wildman–Crippen LogP) is 1.08. The van der Waals surface area contributed by atoms with Crippen LogP contribution in [0.5, 0.6) is 0 Å². The number of carbonyl (C=O) groups is 2. The molecule has 6 heteroatoms. The molecule has 1 rings (SSSR count). The molecule has 0 amide bonds. The summed E-state index contributed by atoms with van der Waals surface area (Å²) in [4.78, 5) is 20.9. The summed E-state index contributed by atoms with van der Waals surface area (Å²) in [5.74, 6) is -2.46. The smallest absolute Gasteiger partial charge is 0.336 e. The van der Waals surface area contributed by atoms with Crippen molar-refractivity contribution in [1.82, 2.24) is 0 Å². The maximum absolute atomic E-state index is 10.5. The number of rotatable bonds is 2. The van der Waals surface area contributed by atoms with E-state index in [0.29, 0.717) is 0 Å². The van der Waals surface area contributed by atoms with Gasteiger partial charge in [0.1, 0.15) is 0 Å². The first kappa shape index (κ1) is 16.1. The van der Waals surface area contributed by atoms with Gasteiger partial charge in [0.2, 0.25) is 0 Å². The molecular weight excluding hydrogens is 376 g/mol. The Hall–Kier alpha value is -0.359. The third-order valence-electron chi connectivity index (χ3n) is 1.39. The van der Waals surface area contributed by atoms with Crippen molar-refractivity contribution in [3.8, 4) is 0 Å². The topological polar surface area (TPSA) is 74.6 Å². The zero-order chi connectivity index (χ0) is 9.14. The van der Waals surface area contributed by atoms with E-state index in [-0.39, 0.29) is 55.9 Å². The summed E-state index contributed by atoms with van der Waals surface area (Å²) in [6, 6.07) is 5.48. The monoisotopic (exact) mass is 380 g/mol. The van der Waals surface area contributed by atoms with Crippen molar-refractivity contribution in [3.63, 3.8) is 0 Å². The summed E-state index contributed by atoms with van der Waals surface area (Å²) in [7, 11) is 0. The molecule has 0 atom stereocenters. The van der Waals surface area contributed by atoms with Crippen molar-refractivity contribution in [2.45, 2.75) is 0 Å². The Kier molecular flexibility index (Phi) is 8.04. The van der Waals surface area contributed by atoms with Crippen molar-refractivity contribution in [1.29, 1.82) is 0 Å². The summed E-state index contributed by atoms with van der Waals surface area (Å²) < 4.78 is 0. The van der Waals surface area contributed by atoms with Crippen molar-refractivity contribution in [2.75, 3.05) is 0 Å². The molecule has 2 N–H and O–H groups in total. The fourth-order valence-corrected chi connectivity index (χ4v) is 0.856. The molecule has 0 aliphatic carbocycles. The Morgan fingerprint density at radius 1 is 0.857 bits per heavy atom. The molecular formula is C8H6Ag2O4. The SMILES string of the molecule is O=C(O)c1ccccc1C(=O)O.[Ag].[Ag]. The summed E-state index contributed by atoms with van der Waals surface area (Å²) in [6.45, 7) is 0. The van der Waals surface area contributed by atoms with Crippen LogP contribution in [0.4, 0.5) is 0 Å². The number of aromatic carboxylic acids is 2. The minimum atomic E-state index is -1.23. The van der Waals surface area contributed by atoms with Crippen LogP contribution in [-0.4, -0.2) is 22.2 Å². The first-order valence-electron chi connectivity index (χ1n) is 3.18. The van der Waals surface area contributed by atoms with E-state index < -0.39 is 11.9 Å². The molecule has 1 aromatic rings. The van der Waals surface area contributed by atoms with Gasteiger partial charge in [-0.2, -0.15) is 0 Å². The van der Waals surface area contributed by atoms with Crippen LogP contribution in [0, 0.1) is 0 Å². The van der Waals surface area contributed by atoms with E-state index in [0.717, 1.165) is 0 Å². The van der Waals surface area contributed by atoms with Gasteiger partial charge in [0.05, 0.1) is 11.1 Å². The second-order valence-electron chi connectivity index (χ2n) is 2.16. The van der Waals surface area contributed by atoms with Gasteiger partial charge in [-0.25, -0.2) is 9.59 Å². The number of benzene rings is 1. The van der Waals surface area contributed by atoms with Crippen LogP contribution in [0.2, 0.25) is 0 Å². The van der Waals surface area contributed by atoms with Crippen LogP contribution in [0.25, 0.3) is 0 Å². The molecule has 0 saturated carbocycles. The van der Waals surface area contributed by atoms with Crippen LogP contribution in [0.3, 0.4) is 0 Å². The second kappa shape index (κ2) is 7.00. The maximum Gasteiger partial charge on any atom is 0.336 e. The van der Waals surface area contributed by atoms with Crippen molar-refractivity contribution < 1.29 is 64.6 Å². The number of carboxylic acid groups (broad SMARTS) is 2. The van der Waals surface area contributed by atoms with E-state index in [1.54, 1.807) is 0 Å². The largest absolute Gasteiger partial charge is 0.478 e. The van der Waals surface area contributed by atoms with E-state index >= 15 is 0 Å². The predicted molar refractivity (Wildman–Crippen MR) is 40.4 cm³/mol. The normalized spacial score (nSPS) is 8.00. The van der Waals surface area contributed by atoms with Crippen LogP contribution in [-0.2, 0) is 44.8 Å². The van der Waals surface area contributed by atoms with Gasteiger partial charge in [-0.15, -0.1) is 0 Å². The second-order valence-corrected chi connectivity index (χ2v) is 2.16. The minimum absolute atomic E-state index is 0. The number of hydrogen-bond donors (Lipinski definition) is 2. The van der Waals surface area contributed by atoms with E-state index in [1.807, 2.05) is 0 Å². The van der Waals surface area contributed by atoms with E-state index in [1.165, 1.54) is 24.3 Å². The van der Waals surface area contributed by atoms with Gasteiger partial charge in [-0.05, 0) is 12.1 Å². The van der Waals surface area contributed by atoms with Crippen LogP contribution < -0.4 is 0 Å². The van der Waals surface area contributed by atoms with Gasteiger partial charge in [-0.1, -0.05) is 12.1 Å². The van der Waals surface area contributed by atoms with Crippen molar-refractivity contribution >= 4 is 11.9 Å². The number of carboxylic acids is 2. The molecule has 4 nitrogen and oxygen atoms in total. The Morgan fingerprint density at radius 2 is 1.14 bits per heavy atom. The van der Waals surface area contributed by atoms with E-state index in [2.05, 4.69) is 0 Å². The Labute approximate surface area is 111 Å². The molecule has 0 saturated heterocycles. The molecule has 0 unspecified atom stereocenters. The summed E-state index contributed by atoms with van der Waals surface area (Å²) in [6.07, 6.45) is 0. The molecule has 2 radical (unpaired) electrons. The summed E-state index contributed by atoms with van der Waals surface area (Å²) >= 11 is 0. The molecule has 0 aliphatic heterocycles. The van der Waals surface area contributed by atoms with Gasteiger partial charge < -0.3 is 10.2 Å². The molecule has 0 aliphatic rings. The molecule has 0 bridgehead atoms. The average Bonchev–Trinajstić information content (AvgIpc) is 2.04. The van der Waals surface area contributed by atoms with Crippen molar-refractivity contribution in [3.05, 3.63) is 35.4 Å². The van der Waals surface area contributed by atoms with Crippen LogP contribution in [0.1, 0.15) is 20.7 Å². The fraction of sp³-hybridized carbons (Fsp3) is 0.